The molecule has 8 heteroatoms. The molecule has 7 nitrogen and oxygen atoms in total. The summed E-state index contributed by atoms with van der Waals surface area (Å²) in [7, 11) is 0. The number of nitrogens with zero attached hydrogens (tertiary/aromatic N) is 2. The summed E-state index contributed by atoms with van der Waals surface area (Å²) in [6.07, 6.45) is 4.27. The lowest BCUT2D eigenvalue weighted by Crippen LogP contribution is -2.33. The van der Waals surface area contributed by atoms with Crippen LogP contribution in [-0.2, 0) is 19.5 Å². The molecule has 0 spiro atoms. The van der Waals surface area contributed by atoms with Crippen molar-refractivity contribution >= 4 is 29.0 Å². The number of hydrogen-bond acceptors (Lipinski definition) is 4. The number of halogens is 1. The van der Waals surface area contributed by atoms with Gasteiger partial charge in [-0.15, -0.1) is 0 Å². The molecule has 0 bridgehead atoms. The van der Waals surface area contributed by atoms with Crippen LogP contribution in [0.1, 0.15) is 27.0 Å². The molecule has 0 aliphatic carbocycles. The highest BCUT2D eigenvalue weighted by Gasteiger charge is 2.22. The molecule has 0 saturated heterocycles. The summed E-state index contributed by atoms with van der Waals surface area (Å²) < 4.78 is 13.5. The minimum absolute atomic E-state index is 0.257. The van der Waals surface area contributed by atoms with Crippen molar-refractivity contribution < 1.29 is 14.0 Å². The van der Waals surface area contributed by atoms with Crippen molar-refractivity contribution in [2.24, 2.45) is 0 Å². The minimum Gasteiger partial charge on any atom is -0.366 e. The Morgan fingerprint density at radius 3 is 2.49 bits per heavy atom. The van der Waals surface area contributed by atoms with E-state index in [4.69, 9.17) is 0 Å². The highest BCUT2D eigenvalue weighted by molar-refractivity contribution is 6.04. The average Bonchev–Trinajstić information content (AvgIpc) is 2.92. The highest BCUT2D eigenvalue weighted by Crippen LogP contribution is 2.30. The van der Waals surface area contributed by atoms with Crippen LogP contribution in [0.4, 0.5) is 26.2 Å². The molecule has 0 saturated carbocycles. The maximum atomic E-state index is 13.5. The maximum Gasteiger partial charge on any atom is 0.323 e. The lowest BCUT2D eigenvalue weighted by molar-refractivity contribution is 0.0951. The molecular formula is C29H26FN5O2. The molecule has 37 heavy (non-hydrogen) atoms. The zero-order valence-corrected chi connectivity index (χ0v) is 20.1. The standard InChI is InChI=1S/C29H26FN5O2/c30-23-8-3-9-24(15-23)33-29(37)34-25-10-11-27(35-14-12-21-6-1-2-7-22(21)19-35)26(16-25)28(36)32-18-20-5-4-13-31-17-20/h1-11,13,15-17H,12,14,18-19H2,(H,32,36)(H2,33,34,37). The van der Waals surface area contributed by atoms with Crippen molar-refractivity contribution in [3.8, 4) is 0 Å². The smallest absolute Gasteiger partial charge is 0.323 e. The van der Waals surface area contributed by atoms with E-state index in [1.807, 2.05) is 30.3 Å². The van der Waals surface area contributed by atoms with Gasteiger partial charge in [-0.1, -0.05) is 36.4 Å². The quantitative estimate of drug-likeness (QED) is 0.336. The van der Waals surface area contributed by atoms with E-state index >= 15 is 0 Å². The Balaban J connectivity index is 1.38. The number of fused-ring (bicyclic) bond motifs is 1. The van der Waals surface area contributed by atoms with Gasteiger partial charge in [-0.3, -0.25) is 9.78 Å². The molecule has 0 radical (unpaired) electrons. The number of pyridine rings is 1. The second-order valence-electron chi connectivity index (χ2n) is 8.81. The van der Waals surface area contributed by atoms with Gasteiger partial charge in [0.2, 0.25) is 0 Å². The van der Waals surface area contributed by atoms with Crippen molar-refractivity contribution in [3.63, 3.8) is 0 Å². The molecule has 2 heterocycles. The largest absolute Gasteiger partial charge is 0.366 e. The maximum absolute atomic E-state index is 13.5. The third-order valence-corrected chi connectivity index (χ3v) is 6.23. The predicted molar refractivity (Wildman–Crippen MR) is 142 cm³/mol. The Kier molecular flexibility index (Phi) is 7.07. The van der Waals surface area contributed by atoms with Crippen molar-refractivity contribution in [2.75, 3.05) is 22.1 Å². The van der Waals surface area contributed by atoms with Crippen LogP contribution in [-0.4, -0.2) is 23.5 Å². The molecule has 1 aliphatic heterocycles. The summed E-state index contributed by atoms with van der Waals surface area (Å²) in [5.41, 5.74) is 5.44. The number of carbonyl (C=O) groups excluding carboxylic acids is 2. The van der Waals surface area contributed by atoms with Gasteiger partial charge in [0.25, 0.3) is 5.91 Å². The molecule has 3 N–H and O–H groups in total. The molecule has 0 atom stereocenters. The van der Waals surface area contributed by atoms with Gasteiger partial charge in [0, 0.05) is 49.1 Å². The van der Waals surface area contributed by atoms with Gasteiger partial charge in [-0.05, 0) is 65.6 Å². The number of carbonyl (C=O) groups is 2. The van der Waals surface area contributed by atoms with Crippen LogP contribution < -0.4 is 20.9 Å². The first-order chi connectivity index (χ1) is 18.0. The number of aromatic nitrogens is 1. The fourth-order valence-corrected chi connectivity index (χ4v) is 4.41. The van der Waals surface area contributed by atoms with Gasteiger partial charge in [0.1, 0.15) is 5.82 Å². The minimum atomic E-state index is -0.535. The number of anilines is 3. The van der Waals surface area contributed by atoms with Crippen molar-refractivity contribution in [2.45, 2.75) is 19.5 Å². The number of benzene rings is 3. The van der Waals surface area contributed by atoms with E-state index in [1.54, 1.807) is 30.6 Å². The van der Waals surface area contributed by atoms with E-state index < -0.39 is 11.8 Å². The van der Waals surface area contributed by atoms with E-state index in [1.165, 1.54) is 29.3 Å². The lowest BCUT2D eigenvalue weighted by atomic mass is 9.98. The van der Waals surface area contributed by atoms with Gasteiger partial charge >= 0.3 is 6.03 Å². The Morgan fingerprint density at radius 1 is 0.892 bits per heavy atom. The van der Waals surface area contributed by atoms with E-state index in [0.717, 1.165) is 24.2 Å². The van der Waals surface area contributed by atoms with Gasteiger partial charge in [0.05, 0.1) is 5.56 Å². The van der Waals surface area contributed by atoms with E-state index in [-0.39, 0.29) is 5.91 Å². The Morgan fingerprint density at radius 2 is 1.70 bits per heavy atom. The summed E-state index contributed by atoms with van der Waals surface area (Å²) in [4.78, 5) is 32.2. The van der Waals surface area contributed by atoms with Gasteiger partial charge in [0.15, 0.2) is 0 Å². The second kappa shape index (κ2) is 10.9. The molecule has 0 fully saturated rings. The number of urea groups is 1. The van der Waals surface area contributed by atoms with Crippen LogP contribution in [0.25, 0.3) is 0 Å². The first kappa shape index (κ1) is 24.0. The Labute approximate surface area is 214 Å². The van der Waals surface area contributed by atoms with E-state index in [9.17, 15) is 14.0 Å². The Hall–Kier alpha value is -4.72. The topological polar surface area (TPSA) is 86.4 Å². The molecular weight excluding hydrogens is 469 g/mol. The summed E-state index contributed by atoms with van der Waals surface area (Å²) in [6, 6.07) is 22.4. The SMILES string of the molecule is O=C(Nc1cccc(F)c1)Nc1ccc(N2CCc3ccccc3C2)c(C(=O)NCc2cccnc2)c1. The van der Waals surface area contributed by atoms with Gasteiger partial charge in [-0.2, -0.15) is 0 Å². The summed E-state index contributed by atoms with van der Waals surface area (Å²) in [6.45, 7) is 1.78. The fraction of sp³-hybridized carbons (Fsp3) is 0.138. The van der Waals surface area contributed by atoms with Crippen LogP contribution in [0.2, 0.25) is 0 Å². The second-order valence-corrected chi connectivity index (χ2v) is 8.81. The number of rotatable bonds is 6. The van der Waals surface area contributed by atoms with Crippen molar-refractivity contribution in [3.05, 3.63) is 119 Å². The molecule has 3 aromatic carbocycles. The zero-order chi connectivity index (χ0) is 25.6. The third kappa shape index (κ3) is 5.92. The van der Waals surface area contributed by atoms with Crippen molar-refractivity contribution in [1.82, 2.24) is 10.3 Å². The normalized spacial score (nSPS) is 12.4. The zero-order valence-electron chi connectivity index (χ0n) is 20.1. The molecule has 4 aromatic rings. The predicted octanol–water partition coefficient (Wildman–Crippen LogP) is 5.36. The van der Waals surface area contributed by atoms with Crippen LogP contribution in [0, 0.1) is 5.82 Å². The third-order valence-electron chi connectivity index (χ3n) is 6.23. The highest BCUT2D eigenvalue weighted by atomic mass is 19.1. The van der Waals surface area contributed by atoms with Gasteiger partial charge < -0.3 is 20.9 Å². The number of hydrogen-bond donors (Lipinski definition) is 3. The molecule has 0 unspecified atom stereocenters. The van der Waals surface area contributed by atoms with Crippen LogP contribution >= 0.6 is 0 Å². The number of amides is 3. The summed E-state index contributed by atoms with van der Waals surface area (Å²) >= 11 is 0. The molecule has 1 aliphatic rings. The van der Waals surface area contributed by atoms with Crippen LogP contribution in [0.15, 0.2) is 91.3 Å². The van der Waals surface area contributed by atoms with Crippen molar-refractivity contribution in [1.29, 1.82) is 0 Å². The monoisotopic (exact) mass is 495 g/mol. The van der Waals surface area contributed by atoms with Gasteiger partial charge in [-0.25, -0.2) is 9.18 Å². The summed E-state index contributed by atoms with van der Waals surface area (Å²) in [5, 5.41) is 8.32. The average molecular weight is 496 g/mol. The molecule has 186 valence electrons. The first-order valence-corrected chi connectivity index (χ1v) is 12.0. The first-order valence-electron chi connectivity index (χ1n) is 12.0. The van der Waals surface area contributed by atoms with Crippen LogP contribution in [0.5, 0.6) is 0 Å². The molecule has 5 rings (SSSR count). The molecule has 3 amide bonds. The van der Waals surface area contributed by atoms with Crippen LogP contribution in [0.3, 0.4) is 0 Å². The van der Waals surface area contributed by atoms with E-state index in [0.29, 0.717) is 30.0 Å². The van der Waals surface area contributed by atoms with E-state index in [2.05, 4.69) is 38.0 Å². The lowest BCUT2D eigenvalue weighted by Gasteiger charge is -2.32. The molecule has 1 aromatic heterocycles. The number of nitrogens with one attached hydrogen (secondary N) is 3. The Bertz CT molecular complexity index is 1430. The fourth-order valence-electron chi connectivity index (χ4n) is 4.41. The summed E-state index contributed by atoms with van der Waals surface area (Å²) in [5.74, 6) is -0.704.